The van der Waals surface area contributed by atoms with E-state index in [1.165, 1.54) is 5.69 Å². The number of methoxy groups -OCH3 is 1. The van der Waals surface area contributed by atoms with Gasteiger partial charge in [-0.2, -0.15) is 0 Å². The third-order valence-electron chi connectivity index (χ3n) is 4.42. The standard InChI is InChI=1S/C20H24N2O3/c1-21(20(23)17-5-9-19(24-2)10-6-17)15-16-3-7-18(8-4-16)22-11-13-25-14-12-22/h3-10H,11-15H2,1-2H3. The Hall–Kier alpha value is -2.53. The van der Waals surface area contributed by atoms with Crippen LogP contribution < -0.4 is 9.64 Å². The SMILES string of the molecule is COc1ccc(C(=O)N(C)Cc2ccc(N3CCOCC3)cc2)cc1. The van der Waals surface area contributed by atoms with E-state index >= 15 is 0 Å². The van der Waals surface area contributed by atoms with Gasteiger partial charge in [-0.3, -0.25) is 4.79 Å². The topological polar surface area (TPSA) is 42.0 Å². The van der Waals surface area contributed by atoms with Crippen molar-refractivity contribution in [2.45, 2.75) is 6.54 Å². The number of nitrogens with zero attached hydrogens (tertiary/aromatic N) is 2. The molecular formula is C20H24N2O3. The lowest BCUT2D eigenvalue weighted by Gasteiger charge is -2.29. The van der Waals surface area contributed by atoms with E-state index in [2.05, 4.69) is 29.2 Å². The van der Waals surface area contributed by atoms with Crippen LogP contribution in [-0.2, 0) is 11.3 Å². The molecule has 1 aliphatic heterocycles. The molecule has 0 atom stereocenters. The molecule has 0 aromatic heterocycles. The normalized spacial score (nSPS) is 14.2. The number of rotatable bonds is 5. The van der Waals surface area contributed by atoms with Gasteiger partial charge in [0.2, 0.25) is 0 Å². The van der Waals surface area contributed by atoms with Crippen molar-refractivity contribution < 1.29 is 14.3 Å². The summed E-state index contributed by atoms with van der Waals surface area (Å²) < 4.78 is 10.5. The molecule has 132 valence electrons. The highest BCUT2D eigenvalue weighted by Gasteiger charge is 2.14. The monoisotopic (exact) mass is 340 g/mol. The lowest BCUT2D eigenvalue weighted by molar-refractivity contribution is 0.0785. The zero-order chi connectivity index (χ0) is 17.6. The van der Waals surface area contributed by atoms with Gasteiger partial charge in [-0.25, -0.2) is 0 Å². The first-order valence-electron chi connectivity index (χ1n) is 8.48. The number of carbonyl (C=O) groups excluding carboxylic acids is 1. The fourth-order valence-electron chi connectivity index (χ4n) is 2.93. The van der Waals surface area contributed by atoms with Crippen LogP contribution >= 0.6 is 0 Å². The molecule has 3 rings (SSSR count). The summed E-state index contributed by atoms with van der Waals surface area (Å²) in [5, 5.41) is 0. The van der Waals surface area contributed by atoms with E-state index in [-0.39, 0.29) is 5.91 Å². The predicted octanol–water partition coefficient (Wildman–Crippen LogP) is 2.80. The Morgan fingerprint density at radius 3 is 2.32 bits per heavy atom. The van der Waals surface area contributed by atoms with Gasteiger partial charge in [0, 0.05) is 37.9 Å². The molecule has 0 spiro atoms. The molecule has 5 nitrogen and oxygen atoms in total. The molecule has 25 heavy (non-hydrogen) atoms. The molecule has 1 aliphatic rings. The summed E-state index contributed by atoms with van der Waals surface area (Å²) >= 11 is 0. The predicted molar refractivity (Wildman–Crippen MR) is 98.3 cm³/mol. The van der Waals surface area contributed by atoms with Gasteiger partial charge < -0.3 is 19.3 Å². The zero-order valence-electron chi connectivity index (χ0n) is 14.8. The van der Waals surface area contributed by atoms with Crippen LogP contribution in [0, 0.1) is 0 Å². The summed E-state index contributed by atoms with van der Waals surface area (Å²) in [4.78, 5) is 16.6. The molecule has 2 aromatic rings. The molecule has 0 saturated carbocycles. The highest BCUT2D eigenvalue weighted by Crippen LogP contribution is 2.18. The number of carbonyl (C=O) groups is 1. The Morgan fingerprint density at radius 1 is 1.08 bits per heavy atom. The summed E-state index contributed by atoms with van der Waals surface area (Å²) in [6.45, 7) is 3.99. The van der Waals surface area contributed by atoms with Crippen LogP contribution in [0.4, 0.5) is 5.69 Å². The Labute approximate surface area is 148 Å². The van der Waals surface area contributed by atoms with Gasteiger partial charge in [-0.1, -0.05) is 12.1 Å². The van der Waals surface area contributed by atoms with Crippen LogP contribution in [0.3, 0.4) is 0 Å². The second-order valence-electron chi connectivity index (χ2n) is 6.16. The van der Waals surface area contributed by atoms with Crippen LogP contribution in [-0.4, -0.2) is 51.3 Å². The number of amides is 1. The molecule has 0 bridgehead atoms. The molecule has 1 saturated heterocycles. The minimum atomic E-state index is -0.0000844. The first-order valence-corrected chi connectivity index (χ1v) is 8.48. The van der Waals surface area contributed by atoms with Crippen LogP contribution in [0.1, 0.15) is 15.9 Å². The zero-order valence-corrected chi connectivity index (χ0v) is 14.8. The third kappa shape index (κ3) is 4.31. The van der Waals surface area contributed by atoms with E-state index in [0.717, 1.165) is 37.6 Å². The van der Waals surface area contributed by atoms with Crippen LogP contribution in [0.5, 0.6) is 5.75 Å². The van der Waals surface area contributed by atoms with Gasteiger partial charge in [-0.05, 0) is 42.0 Å². The highest BCUT2D eigenvalue weighted by atomic mass is 16.5. The Balaban J connectivity index is 1.61. The van der Waals surface area contributed by atoms with Crippen LogP contribution in [0.15, 0.2) is 48.5 Å². The maximum absolute atomic E-state index is 12.5. The number of ether oxygens (including phenoxy) is 2. The Morgan fingerprint density at radius 2 is 1.72 bits per heavy atom. The van der Waals surface area contributed by atoms with E-state index in [9.17, 15) is 4.79 Å². The molecule has 1 fully saturated rings. The van der Waals surface area contributed by atoms with Gasteiger partial charge in [0.1, 0.15) is 5.75 Å². The summed E-state index contributed by atoms with van der Waals surface area (Å²) in [7, 11) is 3.44. The lowest BCUT2D eigenvalue weighted by atomic mass is 10.1. The second kappa shape index (κ2) is 8.03. The van der Waals surface area contributed by atoms with Crippen molar-refractivity contribution in [2.24, 2.45) is 0 Å². The summed E-state index contributed by atoms with van der Waals surface area (Å²) in [5.41, 5.74) is 2.98. The van der Waals surface area contributed by atoms with Gasteiger partial charge in [-0.15, -0.1) is 0 Å². The largest absolute Gasteiger partial charge is 0.497 e. The third-order valence-corrected chi connectivity index (χ3v) is 4.42. The van der Waals surface area contributed by atoms with Crippen molar-refractivity contribution in [1.82, 2.24) is 4.90 Å². The van der Waals surface area contributed by atoms with E-state index < -0.39 is 0 Å². The second-order valence-corrected chi connectivity index (χ2v) is 6.16. The maximum Gasteiger partial charge on any atom is 0.253 e. The van der Waals surface area contributed by atoms with Gasteiger partial charge in [0.05, 0.1) is 20.3 Å². The smallest absolute Gasteiger partial charge is 0.253 e. The molecule has 1 amide bonds. The van der Waals surface area contributed by atoms with Gasteiger partial charge in [0.15, 0.2) is 0 Å². The minimum absolute atomic E-state index is 0.0000844. The van der Waals surface area contributed by atoms with Crippen molar-refractivity contribution in [3.8, 4) is 5.75 Å². The highest BCUT2D eigenvalue weighted by molar-refractivity contribution is 5.94. The fraction of sp³-hybridized carbons (Fsp3) is 0.350. The van der Waals surface area contributed by atoms with E-state index in [4.69, 9.17) is 9.47 Å². The number of hydrogen-bond acceptors (Lipinski definition) is 4. The summed E-state index contributed by atoms with van der Waals surface area (Å²) in [5.74, 6) is 0.748. The summed E-state index contributed by atoms with van der Waals surface area (Å²) in [6.07, 6.45) is 0. The summed E-state index contributed by atoms with van der Waals surface area (Å²) in [6, 6.07) is 15.6. The molecule has 0 N–H and O–H groups in total. The average Bonchev–Trinajstić information content (AvgIpc) is 2.68. The molecule has 0 radical (unpaired) electrons. The van der Waals surface area contributed by atoms with Gasteiger partial charge >= 0.3 is 0 Å². The Bertz CT molecular complexity index is 692. The van der Waals surface area contributed by atoms with Crippen molar-refractivity contribution in [3.05, 3.63) is 59.7 Å². The molecular weight excluding hydrogens is 316 g/mol. The molecule has 2 aromatic carbocycles. The molecule has 0 aliphatic carbocycles. The van der Waals surface area contributed by atoms with Crippen LogP contribution in [0.2, 0.25) is 0 Å². The number of benzene rings is 2. The maximum atomic E-state index is 12.5. The van der Waals surface area contributed by atoms with Gasteiger partial charge in [0.25, 0.3) is 5.91 Å². The van der Waals surface area contributed by atoms with Crippen molar-refractivity contribution in [1.29, 1.82) is 0 Å². The van der Waals surface area contributed by atoms with Crippen LogP contribution in [0.25, 0.3) is 0 Å². The van der Waals surface area contributed by atoms with E-state index in [1.54, 1.807) is 36.3 Å². The quantitative estimate of drug-likeness (QED) is 0.839. The Kier molecular flexibility index (Phi) is 5.56. The fourth-order valence-corrected chi connectivity index (χ4v) is 2.93. The first-order chi connectivity index (χ1) is 12.2. The molecule has 5 heteroatoms. The van der Waals surface area contributed by atoms with E-state index in [0.29, 0.717) is 12.1 Å². The number of morpholine rings is 1. The van der Waals surface area contributed by atoms with E-state index in [1.807, 2.05) is 7.05 Å². The first kappa shape index (κ1) is 17.3. The minimum Gasteiger partial charge on any atom is -0.497 e. The molecule has 0 unspecified atom stereocenters. The average molecular weight is 340 g/mol. The number of hydrogen-bond donors (Lipinski definition) is 0. The lowest BCUT2D eigenvalue weighted by Crippen LogP contribution is -2.36. The number of anilines is 1. The van der Waals surface area contributed by atoms with Crippen molar-refractivity contribution in [2.75, 3.05) is 45.4 Å². The molecule has 1 heterocycles. The van der Waals surface area contributed by atoms with Crippen molar-refractivity contribution in [3.63, 3.8) is 0 Å². The van der Waals surface area contributed by atoms with Crippen molar-refractivity contribution >= 4 is 11.6 Å².